The lowest BCUT2D eigenvalue weighted by Gasteiger charge is -2.31. The van der Waals surface area contributed by atoms with Crippen LogP contribution in [-0.2, 0) is 36.1 Å². The van der Waals surface area contributed by atoms with Crippen LogP contribution in [0.1, 0.15) is 38.7 Å². The normalized spacial score (nSPS) is 28.4. The molecule has 3 unspecified atom stereocenters. The highest BCUT2D eigenvalue weighted by Gasteiger charge is 2.73. The van der Waals surface area contributed by atoms with Crippen molar-refractivity contribution in [3.63, 3.8) is 0 Å². The molecule has 3 aliphatic heterocycles. The van der Waals surface area contributed by atoms with Gasteiger partial charge < -0.3 is 10.1 Å². The molecule has 12 heteroatoms. The maximum atomic E-state index is 13.7. The molecule has 5 rings (SSSR count). The zero-order valence-electron chi connectivity index (χ0n) is 21.0. The van der Waals surface area contributed by atoms with Crippen LogP contribution in [-0.4, -0.2) is 38.9 Å². The van der Waals surface area contributed by atoms with Crippen LogP contribution < -0.4 is 10.2 Å². The Balaban J connectivity index is 1.40. The molecular formula is C27H24F3N3O5S. The van der Waals surface area contributed by atoms with E-state index in [0.29, 0.717) is 29.5 Å². The Bertz CT molecular complexity index is 1450. The average molecular weight is 560 g/mol. The zero-order valence-corrected chi connectivity index (χ0v) is 21.8. The van der Waals surface area contributed by atoms with Gasteiger partial charge in [-0.15, -0.1) is 0 Å². The number of rotatable bonds is 6. The molecule has 39 heavy (non-hydrogen) atoms. The lowest BCUT2D eigenvalue weighted by molar-refractivity contribution is -0.137. The van der Waals surface area contributed by atoms with Crippen molar-refractivity contribution in [2.75, 3.05) is 16.0 Å². The molecule has 3 heterocycles. The Kier molecular flexibility index (Phi) is 6.43. The number of anilines is 2. The number of imide groups is 1. The van der Waals surface area contributed by atoms with Gasteiger partial charge in [0.15, 0.2) is 5.69 Å². The van der Waals surface area contributed by atoms with Gasteiger partial charge in [-0.3, -0.25) is 18.6 Å². The summed E-state index contributed by atoms with van der Waals surface area (Å²) in [6.07, 6.45) is -3.71. The quantitative estimate of drug-likeness (QED) is 0.404. The molecule has 0 radical (unpaired) electrons. The topological polar surface area (TPSA) is 97.1 Å². The van der Waals surface area contributed by atoms with Gasteiger partial charge in [0, 0.05) is 28.9 Å². The summed E-state index contributed by atoms with van der Waals surface area (Å²) in [5.41, 5.74) is -3.56. The summed E-state index contributed by atoms with van der Waals surface area (Å²) >= 11 is 0. The number of nitrogens with zero attached hydrogens (tertiary/aromatic N) is 2. The first-order chi connectivity index (χ1) is 18.3. The van der Waals surface area contributed by atoms with Gasteiger partial charge in [-0.05, 0) is 62.6 Å². The molecule has 8 nitrogen and oxygen atoms in total. The largest absolute Gasteiger partial charge is 0.407 e. The first-order valence-electron chi connectivity index (χ1n) is 12.2. The molecule has 1 N–H and O–H groups in total. The van der Waals surface area contributed by atoms with Crippen LogP contribution >= 0.6 is 0 Å². The summed E-state index contributed by atoms with van der Waals surface area (Å²) in [5.74, 6) is -3.17. The maximum absolute atomic E-state index is 13.7. The molecule has 2 aromatic rings. The zero-order chi connectivity index (χ0) is 28.3. The summed E-state index contributed by atoms with van der Waals surface area (Å²) in [6.45, 7) is 10.1. The van der Waals surface area contributed by atoms with E-state index in [-0.39, 0.29) is 23.8 Å². The number of hydrogen-bond acceptors (Lipinski definition) is 5. The van der Waals surface area contributed by atoms with E-state index < -0.39 is 63.1 Å². The van der Waals surface area contributed by atoms with Gasteiger partial charge in [0.25, 0.3) is 0 Å². The van der Waals surface area contributed by atoms with E-state index in [9.17, 15) is 31.8 Å². The number of halogens is 3. The Morgan fingerprint density at radius 2 is 1.82 bits per heavy atom. The smallest absolute Gasteiger partial charge is 0.367 e. The van der Waals surface area contributed by atoms with Gasteiger partial charge in [-0.2, -0.15) is 13.2 Å². The average Bonchev–Trinajstić information content (AvgIpc) is 3.46. The fourth-order valence-corrected chi connectivity index (χ4v) is 7.34. The summed E-state index contributed by atoms with van der Waals surface area (Å²) in [7, 11) is -1.47. The van der Waals surface area contributed by atoms with Gasteiger partial charge in [0.2, 0.25) is 17.7 Å². The monoisotopic (exact) mass is 559 g/mol. The summed E-state index contributed by atoms with van der Waals surface area (Å²) in [5, 5.41) is 2.63. The summed E-state index contributed by atoms with van der Waals surface area (Å²) < 4.78 is 60.1. The van der Waals surface area contributed by atoms with E-state index in [4.69, 9.17) is 11.3 Å². The van der Waals surface area contributed by atoms with Crippen LogP contribution in [0.5, 0.6) is 0 Å². The number of benzene rings is 2. The molecule has 3 amide bonds. The molecule has 2 bridgehead atoms. The minimum absolute atomic E-state index is 0.137. The number of fused-ring (bicyclic) bond motifs is 5. The predicted molar refractivity (Wildman–Crippen MR) is 135 cm³/mol. The third-order valence-corrected chi connectivity index (χ3v) is 9.20. The number of amides is 3. The Morgan fingerprint density at radius 3 is 2.44 bits per heavy atom. The number of hydrogen-bond donors (Lipinski definition) is 1. The minimum atomic E-state index is -4.84. The number of carbonyl (C=O) groups is 3. The van der Waals surface area contributed by atoms with Crippen molar-refractivity contribution in [2.24, 2.45) is 11.8 Å². The first kappa shape index (κ1) is 27.0. The lowest BCUT2D eigenvalue weighted by Crippen LogP contribution is -2.43. The van der Waals surface area contributed by atoms with E-state index in [1.54, 1.807) is 31.2 Å². The van der Waals surface area contributed by atoms with E-state index in [2.05, 4.69) is 10.2 Å². The Hall–Kier alpha value is -3.56. The summed E-state index contributed by atoms with van der Waals surface area (Å²) in [6, 6.07) is 9.34. The molecule has 3 fully saturated rings. The van der Waals surface area contributed by atoms with Crippen molar-refractivity contribution in [2.45, 2.75) is 55.4 Å². The van der Waals surface area contributed by atoms with E-state index in [0.717, 1.165) is 11.0 Å². The van der Waals surface area contributed by atoms with Crippen LogP contribution in [0.25, 0.3) is 4.85 Å². The number of ether oxygens (including phenoxy) is 1. The molecule has 0 aliphatic carbocycles. The highest BCUT2D eigenvalue weighted by Crippen LogP contribution is 2.62. The maximum Gasteiger partial charge on any atom is 0.407 e. The van der Waals surface area contributed by atoms with Crippen molar-refractivity contribution < 1.29 is 36.5 Å². The highest BCUT2D eigenvalue weighted by molar-refractivity contribution is 7.85. The van der Waals surface area contributed by atoms with Gasteiger partial charge >= 0.3 is 6.18 Å². The molecule has 3 aliphatic rings. The molecule has 0 saturated carbocycles. The minimum Gasteiger partial charge on any atom is -0.367 e. The van der Waals surface area contributed by atoms with Crippen molar-refractivity contribution in [3.05, 3.63) is 59.4 Å². The van der Waals surface area contributed by atoms with Crippen molar-refractivity contribution in [1.82, 2.24) is 0 Å². The van der Waals surface area contributed by atoms with Gasteiger partial charge in [-0.1, -0.05) is 6.07 Å². The van der Waals surface area contributed by atoms with Crippen LogP contribution in [0, 0.1) is 18.4 Å². The predicted octanol–water partition coefficient (Wildman–Crippen LogP) is 4.84. The number of carbonyl (C=O) groups excluding carboxylic acids is 3. The third-order valence-electron chi connectivity index (χ3n) is 7.82. The van der Waals surface area contributed by atoms with E-state index in [1.165, 1.54) is 13.0 Å². The second-order valence-corrected chi connectivity index (χ2v) is 11.8. The van der Waals surface area contributed by atoms with Crippen LogP contribution in [0.3, 0.4) is 0 Å². The Labute approximate surface area is 224 Å². The second kappa shape index (κ2) is 9.27. The molecule has 0 aromatic heterocycles. The number of alkyl halides is 3. The fraction of sp³-hybridized carbons (Fsp3) is 0.407. The van der Waals surface area contributed by atoms with E-state index in [1.807, 2.05) is 0 Å². The standard InChI is InChI=1S/C27H24F3N3O5S/c1-15(34)32-16-4-7-18(8-5-16)39(37)13-12-26-11-10-25(2,38-26)21-22(26)24(36)33(23(21)35)17-6-9-20(31-3)19(14-17)27(28,29)30/h4-9,14,21-22H,10-13H2,1-2H3,(H,32,34)/t21-,22+,25?,26?,39?/m0/s1. The van der Waals surface area contributed by atoms with Crippen molar-refractivity contribution in [1.29, 1.82) is 0 Å². The summed E-state index contributed by atoms with van der Waals surface area (Å²) in [4.78, 5) is 42.6. The molecule has 2 aromatic carbocycles. The first-order valence-corrected chi connectivity index (χ1v) is 13.5. The number of nitrogens with one attached hydrogen (secondary N) is 1. The lowest BCUT2D eigenvalue weighted by atomic mass is 9.67. The van der Waals surface area contributed by atoms with Gasteiger partial charge in [0.1, 0.15) is 0 Å². The molecular weight excluding hydrogens is 535 g/mol. The van der Waals surface area contributed by atoms with E-state index >= 15 is 0 Å². The highest BCUT2D eigenvalue weighted by atomic mass is 32.2. The van der Waals surface area contributed by atoms with Gasteiger partial charge in [0.05, 0.1) is 46.0 Å². The van der Waals surface area contributed by atoms with Crippen molar-refractivity contribution in [3.8, 4) is 0 Å². The van der Waals surface area contributed by atoms with Crippen LogP contribution in [0.15, 0.2) is 47.4 Å². The van der Waals surface area contributed by atoms with Crippen LogP contribution in [0.2, 0.25) is 0 Å². The third kappa shape index (κ3) is 4.43. The molecule has 3 saturated heterocycles. The fourth-order valence-electron chi connectivity index (χ4n) is 6.13. The molecule has 5 atom stereocenters. The SMILES string of the molecule is [C-]#[N+]c1ccc(N2C(=O)[C@@H]3[C@H](C2=O)C2(CCS(=O)c4ccc(NC(C)=O)cc4)CCC3(C)O2)cc1C(F)(F)F. The second-order valence-electron chi connectivity index (χ2n) is 10.3. The molecule has 0 spiro atoms. The molecule has 204 valence electrons. The van der Waals surface area contributed by atoms with Crippen molar-refractivity contribution >= 4 is 45.6 Å². The Morgan fingerprint density at radius 1 is 1.15 bits per heavy atom. The van der Waals surface area contributed by atoms with Crippen LogP contribution in [0.4, 0.5) is 30.2 Å². The van der Waals surface area contributed by atoms with Gasteiger partial charge in [-0.25, -0.2) is 9.74 Å².